The summed E-state index contributed by atoms with van der Waals surface area (Å²) in [5, 5.41) is 11.6. The lowest BCUT2D eigenvalue weighted by Gasteiger charge is -2.13. The van der Waals surface area contributed by atoms with Crippen molar-refractivity contribution >= 4 is 29.3 Å². The van der Waals surface area contributed by atoms with Gasteiger partial charge in [-0.05, 0) is 29.7 Å². The van der Waals surface area contributed by atoms with Crippen LogP contribution in [-0.4, -0.2) is 27.6 Å². The Morgan fingerprint density at radius 1 is 1.21 bits per heavy atom. The standard InChI is InChI=1S/C25H26ClN3O4/c1-3-4-9-24-27-16-22(28(24)17-19-7-5-6-8-23(19)26)15-20(25(30)33-2)14-18-10-12-21(13-11-18)29(31)32/h5-8,10-13,15-16H,3-4,9,14,17H2,1-2H3/b20-15+. The minimum atomic E-state index is -0.464. The summed E-state index contributed by atoms with van der Waals surface area (Å²) in [5.74, 6) is 0.455. The van der Waals surface area contributed by atoms with E-state index in [0.29, 0.717) is 17.1 Å². The van der Waals surface area contributed by atoms with Crippen molar-refractivity contribution in [3.63, 3.8) is 0 Å². The van der Waals surface area contributed by atoms with E-state index in [1.807, 2.05) is 24.3 Å². The Kier molecular flexibility index (Phi) is 8.38. The molecule has 0 fully saturated rings. The van der Waals surface area contributed by atoms with Gasteiger partial charge in [-0.25, -0.2) is 9.78 Å². The predicted octanol–water partition coefficient (Wildman–Crippen LogP) is 5.63. The Bertz CT molecular complexity index is 1150. The van der Waals surface area contributed by atoms with Gasteiger partial charge in [0.15, 0.2) is 0 Å². The van der Waals surface area contributed by atoms with Crippen LogP contribution in [-0.2, 0) is 28.9 Å². The Morgan fingerprint density at radius 2 is 1.94 bits per heavy atom. The van der Waals surface area contributed by atoms with E-state index in [4.69, 9.17) is 16.3 Å². The van der Waals surface area contributed by atoms with Gasteiger partial charge in [-0.2, -0.15) is 0 Å². The van der Waals surface area contributed by atoms with Crippen LogP contribution in [0.25, 0.3) is 6.08 Å². The summed E-state index contributed by atoms with van der Waals surface area (Å²) in [7, 11) is 1.33. The molecule has 0 radical (unpaired) electrons. The molecule has 0 amide bonds. The summed E-state index contributed by atoms with van der Waals surface area (Å²) in [6, 6.07) is 13.8. The molecule has 8 heteroatoms. The average Bonchev–Trinajstić information content (AvgIpc) is 3.19. The van der Waals surface area contributed by atoms with Crippen molar-refractivity contribution < 1.29 is 14.5 Å². The molecule has 0 bridgehead atoms. The van der Waals surface area contributed by atoms with Gasteiger partial charge >= 0.3 is 5.97 Å². The minimum Gasteiger partial charge on any atom is -0.466 e. The smallest absolute Gasteiger partial charge is 0.334 e. The molecular formula is C25H26ClN3O4. The van der Waals surface area contributed by atoms with Gasteiger partial charge in [0, 0.05) is 35.6 Å². The highest BCUT2D eigenvalue weighted by molar-refractivity contribution is 6.31. The third kappa shape index (κ3) is 6.29. The second kappa shape index (κ2) is 11.4. The average molecular weight is 468 g/mol. The maximum atomic E-state index is 12.5. The first-order chi connectivity index (χ1) is 15.9. The highest BCUT2D eigenvalue weighted by Gasteiger charge is 2.16. The maximum absolute atomic E-state index is 12.5. The second-order valence-corrected chi connectivity index (χ2v) is 8.05. The quantitative estimate of drug-likeness (QED) is 0.167. The number of carbonyl (C=O) groups excluding carboxylic acids is 1. The number of unbranched alkanes of at least 4 members (excludes halogenated alkanes) is 1. The summed E-state index contributed by atoms with van der Waals surface area (Å²) in [5.41, 5.74) is 2.91. The molecule has 33 heavy (non-hydrogen) atoms. The van der Waals surface area contributed by atoms with Crippen molar-refractivity contribution in [1.82, 2.24) is 9.55 Å². The molecule has 172 valence electrons. The molecule has 0 aliphatic heterocycles. The van der Waals surface area contributed by atoms with Gasteiger partial charge in [0.25, 0.3) is 5.69 Å². The molecule has 0 unspecified atom stereocenters. The highest BCUT2D eigenvalue weighted by atomic mass is 35.5. The molecule has 1 aromatic heterocycles. The number of aromatic nitrogens is 2. The SMILES string of the molecule is CCCCc1ncc(/C=C(\Cc2ccc([N+](=O)[O-])cc2)C(=O)OC)n1Cc1ccccc1Cl. The Hall–Kier alpha value is -3.45. The van der Waals surface area contributed by atoms with E-state index in [9.17, 15) is 14.9 Å². The number of hydrogen-bond acceptors (Lipinski definition) is 5. The predicted molar refractivity (Wildman–Crippen MR) is 128 cm³/mol. The second-order valence-electron chi connectivity index (χ2n) is 7.64. The maximum Gasteiger partial charge on any atom is 0.334 e. The van der Waals surface area contributed by atoms with Crippen molar-refractivity contribution in [3.8, 4) is 0 Å². The number of imidazole rings is 1. The van der Waals surface area contributed by atoms with Gasteiger partial charge < -0.3 is 9.30 Å². The summed E-state index contributed by atoms with van der Waals surface area (Å²) in [6.45, 7) is 2.65. The first-order valence-electron chi connectivity index (χ1n) is 10.7. The van der Waals surface area contributed by atoms with Crippen LogP contribution in [0.3, 0.4) is 0 Å². The zero-order valence-corrected chi connectivity index (χ0v) is 19.4. The number of halogens is 1. The molecule has 0 saturated heterocycles. The van der Waals surface area contributed by atoms with E-state index in [1.165, 1.54) is 19.2 Å². The van der Waals surface area contributed by atoms with Crippen molar-refractivity contribution in [2.24, 2.45) is 0 Å². The van der Waals surface area contributed by atoms with Crippen LogP contribution in [0.2, 0.25) is 5.02 Å². The number of non-ortho nitro benzene ring substituents is 1. The van der Waals surface area contributed by atoms with E-state index in [1.54, 1.807) is 24.4 Å². The fourth-order valence-corrected chi connectivity index (χ4v) is 3.70. The summed E-state index contributed by atoms with van der Waals surface area (Å²) >= 11 is 6.40. The lowest BCUT2D eigenvalue weighted by Crippen LogP contribution is -2.11. The Morgan fingerprint density at radius 3 is 2.58 bits per heavy atom. The van der Waals surface area contributed by atoms with Crippen molar-refractivity contribution in [1.29, 1.82) is 0 Å². The molecule has 0 N–H and O–H groups in total. The first kappa shape index (κ1) is 24.2. The van der Waals surface area contributed by atoms with Gasteiger partial charge in [-0.3, -0.25) is 10.1 Å². The summed E-state index contributed by atoms with van der Waals surface area (Å²) in [6.07, 6.45) is 6.64. The third-order valence-corrected chi connectivity index (χ3v) is 5.69. The third-order valence-electron chi connectivity index (χ3n) is 5.32. The molecule has 3 aromatic rings. The minimum absolute atomic E-state index is 0.000676. The van der Waals surface area contributed by atoms with Gasteiger partial charge in [0.05, 0.1) is 30.5 Å². The van der Waals surface area contributed by atoms with E-state index in [-0.39, 0.29) is 12.1 Å². The molecule has 2 aromatic carbocycles. The lowest BCUT2D eigenvalue weighted by molar-refractivity contribution is -0.384. The summed E-state index contributed by atoms with van der Waals surface area (Å²) in [4.78, 5) is 27.6. The van der Waals surface area contributed by atoms with Crippen molar-refractivity contribution in [3.05, 3.63) is 98.1 Å². The number of nitrogens with zero attached hydrogens (tertiary/aromatic N) is 3. The lowest BCUT2D eigenvalue weighted by atomic mass is 10.0. The molecule has 1 heterocycles. The molecular weight excluding hydrogens is 442 g/mol. The number of aryl methyl sites for hydroxylation is 1. The van der Waals surface area contributed by atoms with Crippen LogP contribution in [0.4, 0.5) is 5.69 Å². The number of carbonyl (C=O) groups is 1. The molecule has 0 aliphatic carbocycles. The molecule has 0 aliphatic rings. The molecule has 0 saturated carbocycles. The van der Waals surface area contributed by atoms with Crippen LogP contribution in [0, 0.1) is 10.1 Å². The number of nitro groups is 1. The van der Waals surface area contributed by atoms with Crippen LogP contribution in [0.5, 0.6) is 0 Å². The zero-order chi connectivity index (χ0) is 23.8. The normalized spacial score (nSPS) is 11.4. The van der Waals surface area contributed by atoms with E-state index in [0.717, 1.165) is 41.9 Å². The topological polar surface area (TPSA) is 87.3 Å². The highest BCUT2D eigenvalue weighted by Crippen LogP contribution is 2.22. The van der Waals surface area contributed by atoms with Crippen molar-refractivity contribution in [2.75, 3.05) is 7.11 Å². The van der Waals surface area contributed by atoms with Crippen LogP contribution >= 0.6 is 11.6 Å². The van der Waals surface area contributed by atoms with Gasteiger partial charge in [0.1, 0.15) is 5.82 Å². The van der Waals surface area contributed by atoms with E-state index >= 15 is 0 Å². The van der Waals surface area contributed by atoms with Gasteiger partial charge in [-0.1, -0.05) is 55.3 Å². The number of nitro benzene ring substituents is 1. The number of rotatable bonds is 10. The van der Waals surface area contributed by atoms with Crippen LogP contribution in [0.15, 0.2) is 60.3 Å². The molecule has 0 spiro atoms. The fraction of sp³-hybridized carbons (Fsp3) is 0.280. The van der Waals surface area contributed by atoms with Crippen LogP contribution in [0.1, 0.15) is 42.4 Å². The summed E-state index contributed by atoms with van der Waals surface area (Å²) < 4.78 is 7.07. The number of ether oxygens (including phenoxy) is 1. The molecule has 0 atom stereocenters. The number of hydrogen-bond donors (Lipinski definition) is 0. The van der Waals surface area contributed by atoms with Crippen molar-refractivity contribution in [2.45, 2.75) is 39.2 Å². The number of benzene rings is 2. The number of esters is 1. The molecule has 3 rings (SSSR count). The molecule has 7 nitrogen and oxygen atoms in total. The first-order valence-corrected chi connectivity index (χ1v) is 11.1. The number of methoxy groups -OCH3 is 1. The Labute approximate surface area is 197 Å². The van der Waals surface area contributed by atoms with Gasteiger partial charge in [0.2, 0.25) is 0 Å². The van der Waals surface area contributed by atoms with E-state index < -0.39 is 10.9 Å². The van der Waals surface area contributed by atoms with E-state index in [2.05, 4.69) is 16.5 Å². The monoisotopic (exact) mass is 467 g/mol. The largest absolute Gasteiger partial charge is 0.466 e. The van der Waals surface area contributed by atoms with Gasteiger partial charge in [-0.15, -0.1) is 0 Å². The zero-order valence-electron chi connectivity index (χ0n) is 18.7. The van der Waals surface area contributed by atoms with Crippen LogP contribution < -0.4 is 0 Å². The fourth-order valence-electron chi connectivity index (χ4n) is 3.51. The Balaban J connectivity index is 1.98.